The molecule has 21 heavy (non-hydrogen) atoms. The summed E-state index contributed by atoms with van der Waals surface area (Å²) in [6.45, 7) is 0.501. The van der Waals surface area contributed by atoms with Crippen LogP contribution in [0.4, 0.5) is 5.95 Å². The van der Waals surface area contributed by atoms with Gasteiger partial charge in [0.25, 0.3) is 0 Å². The molecule has 7 heteroatoms. The molecule has 0 fully saturated rings. The molecular formula is C14H12ClN5O. The van der Waals surface area contributed by atoms with Crippen molar-refractivity contribution in [3.8, 4) is 11.4 Å². The Morgan fingerprint density at radius 1 is 1.14 bits per heavy atom. The molecule has 0 spiro atoms. The van der Waals surface area contributed by atoms with Gasteiger partial charge in [0.1, 0.15) is 5.69 Å². The number of halogens is 1. The zero-order valence-corrected chi connectivity index (χ0v) is 12.0. The standard InChI is InChI=1S/C14H12ClN5O/c1-20(14-17-7-10(15)8-18-14)9-11-6-13(19-21-11)12-4-2-3-5-16-12/h2-8H,9H2,1H3. The van der Waals surface area contributed by atoms with Crippen molar-refractivity contribution in [1.29, 1.82) is 0 Å². The molecule has 0 aliphatic rings. The van der Waals surface area contributed by atoms with Gasteiger partial charge in [0, 0.05) is 19.3 Å². The third-order valence-corrected chi connectivity index (χ3v) is 3.02. The van der Waals surface area contributed by atoms with E-state index in [4.69, 9.17) is 16.1 Å². The van der Waals surface area contributed by atoms with Gasteiger partial charge in [-0.2, -0.15) is 0 Å². The lowest BCUT2D eigenvalue weighted by Crippen LogP contribution is -2.18. The van der Waals surface area contributed by atoms with Crippen molar-refractivity contribution in [3.63, 3.8) is 0 Å². The first-order valence-electron chi connectivity index (χ1n) is 6.28. The van der Waals surface area contributed by atoms with Crippen LogP contribution in [0.1, 0.15) is 5.76 Å². The topological polar surface area (TPSA) is 67.9 Å². The van der Waals surface area contributed by atoms with Crippen molar-refractivity contribution in [2.75, 3.05) is 11.9 Å². The summed E-state index contributed by atoms with van der Waals surface area (Å²) < 4.78 is 5.32. The first-order valence-corrected chi connectivity index (χ1v) is 6.66. The minimum Gasteiger partial charge on any atom is -0.359 e. The van der Waals surface area contributed by atoms with Gasteiger partial charge >= 0.3 is 0 Å². The van der Waals surface area contributed by atoms with E-state index < -0.39 is 0 Å². The lowest BCUT2D eigenvalue weighted by atomic mass is 10.2. The van der Waals surface area contributed by atoms with Crippen molar-refractivity contribution in [2.24, 2.45) is 0 Å². The Kier molecular flexibility index (Phi) is 3.79. The van der Waals surface area contributed by atoms with Crippen LogP contribution < -0.4 is 4.90 Å². The molecule has 106 valence electrons. The molecule has 0 amide bonds. The number of hydrogen-bond acceptors (Lipinski definition) is 6. The molecule has 0 radical (unpaired) electrons. The number of aromatic nitrogens is 4. The Labute approximate surface area is 126 Å². The highest BCUT2D eigenvalue weighted by Crippen LogP contribution is 2.18. The summed E-state index contributed by atoms with van der Waals surface area (Å²) in [6.07, 6.45) is 4.83. The molecule has 3 heterocycles. The average molecular weight is 302 g/mol. The summed E-state index contributed by atoms with van der Waals surface area (Å²) in [5.41, 5.74) is 1.48. The zero-order chi connectivity index (χ0) is 14.7. The molecule has 3 rings (SSSR count). The minimum absolute atomic E-state index is 0.501. The smallest absolute Gasteiger partial charge is 0.225 e. The van der Waals surface area contributed by atoms with Crippen LogP contribution in [0.5, 0.6) is 0 Å². The van der Waals surface area contributed by atoms with Crippen molar-refractivity contribution >= 4 is 17.5 Å². The maximum Gasteiger partial charge on any atom is 0.225 e. The largest absolute Gasteiger partial charge is 0.359 e. The van der Waals surface area contributed by atoms with E-state index >= 15 is 0 Å². The molecule has 0 aliphatic carbocycles. The van der Waals surface area contributed by atoms with Crippen LogP contribution in [0.25, 0.3) is 11.4 Å². The first kappa shape index (κ1) is 13.5. The van der Waals surface area contributed by atoms with E-state index in [1.807, 2.05) is 36.2 Å². The number of hydrogen-bond donors (Lipinski definition) is 0. The second-order valence-corrected chi connectivity index (χ2v) is 4.89. The fourth-order valence-corrected chi connectivity index (χ4v) is 1.93. The number of nitrogens with zero attached hydrogens (tertiary/aromatic N) is 5. The van der Waals surface area contributed by atoms with E-state index in [0.717, 1.165) is 5.69 Å². The molecular weight excluding hydrogens is 290 g/mol. The summed E-state index contributed by atoms with van der Waals surface area (Å²) in [4.78, 5) is 14.4. The molecule has 0 atom stereocenters. The fourth-order valence-electron chi connectivity index (χ4n) is 1.83. The van der Waals surface area contributed by atoms with Gasteiger partial charge < -0.3 is 9.42 Å². The number of rotatable bonds is 4. The SMILES string of the molecule is CN(Cc1cc(-c2ccccn2)no1)c1ncc(Cl)cn1. The quantitative estimate of drug-likeness (QED) is 0.738. The summed E-state index contributed by atoms with van der Waals surface area (Å²) in [6, 6.07) is 7.50. The lowest BCUT2D eigenvalue weighted by Gasteiger charge is -2.14. The minimum atomic E-state index is 0.501. The second-order valence-electron chi connectivity index (χ2n) is 4.45. The normalized spacial score (nSPS) is 10.6. The second kappa shape index (κ2) is 5.88. The summed E-state index contributed by atoms with van der Waals surface area (Å²) in [7, 11) is 1.87. The Hall–Kier alpha value is -2.47. The van der Waals surface area contributed by atoms with Crippen LogP contribution >= 0.6 is 11.6 Å². The van der Waals surface area contributed by atoms with Gasteiger partial charge in [-0.3, -0.25) is 4.98 Å². The zero-order valence-electron chi connectivity index (χ0n) is 11.3. The van der Waals surface area contributed by atoms with E-state index in [-0.39, 0.29) is 0 Å². The van der Waals surface area contributed by atoms with Crippen LogP contribution in [0.15, 0.2) is 47.4 Å². The van der Waals surface area contributed by atoms with Crippen LogP contribution in [0.2, 0.25) is 5.02 Å². The molecule has 0 saturated heterocycles. The Morgan fingerprint density at radius 2 is 1.95 bits per heavy atom. The third-order valence-electron chi connectivity index (χ3n) is 2.83. The Bertz CT molecular complexity index is 714. The summed E-state index contributed by atoms with van der Waals surface area (Å²) in [5, 5.41) is 4.53. The Morgan fingerprint density at radius 3 is 2.67 bits per heavy atom. The van der Waals surface area contributed by atoms with Gasteiger partial charge in [0.2, 0.25) is 5.95 Å². The highest BCUT2D eigenvalue weighted by molar-refractivity contribution is 6.30. The van der Waals surface area contributed by atoms with Gasteiger partial charge in [0.05, 0.1) is 29.7 Å². The lowest BCUT2D eigenvalue weighted by molar-refractivity contribution is 0.384. The molecule has 0 aromatic carbocycles. The summed E-state index contributed by atoms with van der Waals surface area (Å²) in [5.74, 6) is 1.27. The monoisotopic (exact) mass is 301 g/mol. The predicted octanol–water partition coefficient (Wildman–Crippen LogP) is 2.82. The van der Waals surface area contributed by atoms with Crippen molar-refractivity contribution in [2.45, 2.75) is 6.54 Å². The molecule has 0 unspecified atom stereocenters. The van der Waals surface area contributed by atoms with Crippen molar-refractivity contribution in [1.82, 2.24) is 20.1 Å². The molecule has 0 saturated carbocycles. The van der Waals surface area contributed by atoms with E-state index in [2.05, 4.69) is 20.1 Å². The van der Waals surface area contributed by atoms with Crippen molar-refractivity contribution in [3.05, 3.63) is 53.6 Å². The molecule has 0 N–H and O–H groups in total. The van der Waals surface area contributed by atoms with Crippen LogP contribution in [-0.4, -0.2) is 27.2 Å². The van der Waals surface area contributed by atoms with E-state index in [9.17, 15) is 0 Å². The van der Waals surface area contributed by atoms with Crippen LogP contribution in [0.3, 0.4) is 0 Å². The molecule has 0 aliphatic heterocycles. The maximum absolute atomic E-state index is 5.77. The third kappa shape index (κ3) is 3.17. The molecule has 6 nitrogen and oxygen atoms in total. The molecule has 0 bridgehead atoms. The maximum atomic E-state index is 5.77. The number of pyridine rings is 1. The molecule has 3 aromatic rings. The highest BCUT2D eigenvalue weighted by atomic mass is 35.5. The van der Waals surface area contributed by atoms with Crippen LogP contribution in [0, 0.1) is 0 Å². The van der Waals surface area contributed by atoms with Gasteiger partial charge in [-0.15, -0.1) is 0 Å². The van der Waals surface area contributed by atoms with Gasteiger partial charge in [-0.1, -0.05) is 22.8 Å². The van der Waals surface area contributed by atoms with Gasteiger partial charge in [-0.05, 0) is 12.1 Å². The first-order chi connectivity index (χ1) is 10.2. The van der Waals surface area contributed by atoms with E-state index in [1.54, 1.807) is 18.6 Å². The highest BCUT2D eigenvalue weighted by Gasteiger charge is 2.11. The number of anilines is 1. The van der Waals surface area contributed by atoms with E-state index in [1.165, 1.54) is 0 Å². The average Bonchev–Trinajstić information content (AvgIpc) is 2.97. The van der Waals surface area contributed by atoms with Crippen molar-refractivity contribution < 1.29 is 4.52 Å². The Balaban J connectivity index is 1.74. The van der Waals surface area contributed by atoms with Gasteiger partial charge in [0.15, 0.2) is 5.76 Å². The van der Waals surface area contributed by atoms with Gasteiger partial charge in [-0.25, -0.2) is 9.97 Å². The molecule has 3 aromatic heterocycles. The fraction of sp³-hybridized carbons (Fsp3) is 0.143. The predicted molar refractivity (Wildman–Crippen MR) is 78.9 cm³/mol. The van der Waals surface area contributed by atoms with E-state index in [0.29, 0.717) is 29.0 Å². The van der Waals surface area contributed by atoms with Crippen LogP contribution in [-0.2, 0) is 6.54 Å². The summed E-state index contributed by atoms with van der Waals surface area (Å²) >= 11 is 5.77.